The molecule has 0 amide bonds. The van der Waals surface area contributed by atoms with Gasteiger partial charge in [0.05, 0.1) is 16.1 Å². The van der Waals surface area contributed by atoms with Crippen LogP contribution in [0.1, 0.15) is 5.69 Å². The highest BCUT2D eigenvalue weighted by molar-refractivity contribution is 7.80. The van der Waals surface area contributed by atoms with E-state index in [1.165, 1.54) is 12.1 Å². The van der Waals surface area contributed by atoms with Crippen LogP contribution in [0.2, 0.25) is 0 Å². The first-order valence-electron chi connectivity index (χ1n) is 4.62. The molecular weight excluding hydrogens is 226 g/mol. The molecule has 1 heterocycles. The number of non-ortho nitro benzene ring substituents is 1. The highest BCUT2D eigenvalue weighted by Gasteiger charge is 2.09. The van der Waals surface area contributed by atoms with Crippen LogP contribution in [-0.4, -0.2) is 20.9 Å². The lowest BCUT2D eigenvalue weighted by Crippen LogP contribution is -1.86. The molecule has 0 aliphatic carbocycles. The van der Waals surface area contributed by atoms with E-state index in [1.807, 2.05) is 12.2 Å². The molecule has 0 radical (unpaired) electrons. The zero-order valence-corrected chi connectivity index (χ0v) is 9.15. The number of hydrogen-bond acceptors (Lipinski definition) is 4. The molecule has 0 spiro atoms. The number of hydrogen-bond donors (Lipinski definition) is 2. The monoisotopic (exact) mass is 235 g/mol. The van der Waals surface area contributed by atoms with Crippen molar-refractivity contribution < 1.29 is 4.92 Å². The Morgan fingerprint density at radius 2 is 2.38 bits per heavy atom. The number of rotatable bonds is 3. The van der Waals surface area contributed by atoms with Crippen molar-refractivity contribution in [1.82, 2.24) is 10.2 Å². The van der Waals surface area contributed by atoms with E-state index in [2.05, 4.69) is 22.8 Å². The van der Waals surface area contributed by atoms with E-state index < -0.39 is 4.92 Å². The van der Waals surface area contributed by atoms with Gasteiger partial charge in [0.15, 0.2) is 0 Å². The third-order valence-corrected chi connectivity index (χ3v) is 2.38. The minimum Gasteiger partial charge on any atom is -0.277 e. The standard InChI is InChI=1S/C10H9N3O2S/c14-13(15)7-3-4-8-9(2-1-5-16)11-12-10(8)6-7/h1-4,6,16H,5H2,(H,11,12). The lowest BCUT2D eigenvalue weighted by Gasteiger charge is -1.91. The van der Waals surface area contributed by atoms with Gasteiger partial charge in [-0.15, -0.1) is 0 Å². The molecule has 16 heavy (non-hydrogen) atoms. The molecule has 0 atom stereocenters. The smallest absolute Gasteiger partial charge is 0.271 e. The molecule has 1 N–H and O–H groups in total. The van der Waals surface area contributed by atoms with Crippen LogP contribution in [0.3, 0.4) is 0 Å². The molecule has 5 nitrogen and oxygen atoms in total. The number of aromatic amines is 1. The van der Waals surface area contributed by atoms with Crippen LogP contribution in [0.15, 0.2) is 24.3 Å². The second kappa shape index (κ2) is 4.36. The zero-order chi connectivity index (χ0) is 11.5. The summed E-state index contributed by atoms with van der Waals surface area (Å²) in [6.07, 6.45) is 3.69. The molecule has 1 aromatic heterocycles. The number of thiol groups is 1. The Balaban J connectivity index is 2.50. The van der Waals surface area contributed by atoms with Gasteiger partial charge in [0.25, 0.3) is 5.69 Å². The van der Waals surface area contributed by atoms with Crippen molar-refractivity contribution >= 4 is 35.3 Å². The molecule has 0 saturated heterocycles. The Morgan fingerprint density at radius 1 is 1.56 bits per heavy atom. The number of nitrogens with zero attached hydrogens (tertiary/aromatic N) is 2. The lowest BCUT2D eigenvalue weighted by molar-refractivity contribution is -0.384. The minimum atomic E-state index is -0.427. The molecular formula is C10H9N3O2S. The third kappa shape index (κ3) is 1.92. The molecule has 0 aliphatic heterocycles. The van der Waals surface area contributed by atoms with Gasteiger partial charge < -0.3 is 0 Å². The fourth-order valence-electron chi connectivity index (χ4n) is 1.43. The molecule has 2 rings (SSSR count). The van der Waals surface area contributed by atoms with Crippen LogP contribution >= 0.6 is 12.6 Å². The van der Waals surface area contributed by atoms with Crippen molar-refractivity contribution in [3.05, 3.63) is 40.1 Å². The van der Waals surface area contributed by atoms with Crippen molar-refractivity contribution in [3.63, 3.8) is 0 Å². The summed E-state index contributed by atoms with van der Waals surface area (Å²) < 4.78 is 0. The second-order valence-electron chi connectivity index (χ2n) is 3.18. The zero-order valence-electron chi connectivity index (χ0n) is 8.25. The first-order valence-corrected chi connectivity index (χ1v) is 5.25. The van der Waals surface area contributed by atoms with Crippen molar-refractivity contribution in [2.75, 3.05) is 5.75 Å². The second-order valence-corrected chi connectivity index (χ2v) is 3.55. The Morgan fingerprint density at radius 3 is 3.06 bits per heavy atom. The number of aromatic nitrogens is 2. The molecule has 82 valence electrons. The lowest BCUT2D eigenvalue weighted by atomic mass is 10.2. The molecule has 0 fully saturated rings. The molecule has 6 heteroatoms. The average molecular weight is 235 g/mol. The van der Waals surface area contributed by atoms with Gasteiger partial charge >= 0.3 is 0 Å². The van der Waals surface area contributed by atoms with E-state index in [4.69, 9.17) is 0 Å². The first-order chi connectivity index (χ1) is 7.72. The van der Waals surface area contributed by atoms with Gasteiger partial charge in [0.1, 0.15) is 0 Å². The number of fused-ring (bicyclic) bond motifs is 1. The van der Waals surface area contributed by atoms with Gasteiger partial charge in [-0.2, -0.15) is 17.7 Å². The van der Waals surface area contributed by atoms with E-state index in [1.54, 1.807) is 6.07 Å². The Hall–Kier alpha value is -1.82. The average Bonchev–Trinajstić information content (AvgIpc) is 2.68. The largest absolute Gasteiger partial charge is 0.277 e. The fourth-order valence-corrected chi connectivity index (χ4v) is 1.54. The van der Waals surface area contributed by atoms with Crippen LogP contribution in [0.25, 0.3) is 17.0 Å². The number of H-pyrrole nitrogens is 1. The maximum absolute atomic E-state index is 10.6. The summed E-state index contributed by atoms with van der Waals surface area (Å²) in [4.78, 5) is 10.1. The van der Waals surface area contributed by atoms with Crippen molar-refractivity contribution in [2.45, 2.75) is 0 Å². The van der Waals surface area contributed by atoms with Crippen LogP contribution < -0.4 is 0 Å². The first kappa shape index (κ1) is 10.7. The van der Waals surface area contributed by atoms with Crippen LogP contribution in [-0.2, 0) is 0 Å². The molecule has 0 aliphatic rings. The summed E-state index contributed by atoms with van der Waals surface area (Å²) in [7, 11) is 0. The van der Waals surface area contributed by atoms with Gasteiger partial charge in [-0.1, -0.05) is 6.08 Å². The van der Waals surface area contributed by atoms with Crippen LogP contribution in [0, 0.1) is 10.1 Å². The maximum Gasteiger partial charge on any atom is 0.271 e. The van der Waals surface area contributed by atoms with Crippen molar-refractivity contribution in [1.29, 1.82) is 0 Å². The summed E-state index contributed by atoms with van der Waals surface area (Å²) in [5, 5.41) is 18.3. The molecule has 1 aromatic carbocycles. The Kier molecular flexibility index (Phi) is 2.91. The van der Waals surface area contributed by atoms with Gasteiger partial charge in [-0.25, -0.2) is 0 Å². The summed E-state index contributed by atoms with van der Waals surface area (Å²) in [6.45, 7) is 0. The van der Waals surface area contributed by atoms with E-state index in [0.717, 1.165) is 11.1 Å². The highest BCUT2D eigenvalue weighted by atomic mass is 32.1. The van der Waals surface area contributed by atoms with E-state index in [0.29, 0.717) is 11.3 Å². The third-order valence-electron chi connectivity index (χ3n) is 2.17. The highest BCUT2D eigenvalue weighted by Crippen LogP contribution is 2.22. The molecule has 0 bridgehead atoms. The number of nitro benzene ring substituents is 1. The molecule has 0 unspecified atom stereocenters. The predicted octanol–water partition coefficient (Wildman–Crippen LogP) is 2.41. The van der Waals surface area contributed by atoms with Crippen molar-refractivity contribution in [3.8, 4) is 0 Å². The molecule has 2 aromatic rings. The number of benzene rings is 1. The minimum absolute atomic E-state index is 0.0564. The predicted molar refractivity (Wildman–Crippen MR) is 65.6 cm³/mol. The SMILES string of the molecule is O=[N+]([O-])c1ccc2c(C=CCS)n[nH]c2c1. The van der Waals surface area contributed by atoms with Gasteiger partial charge in [0.2, 0.25) is 0 Å². The van der Waals surface area contributed by atoms with Crippen LogP contribution in [0.5, 0.6) is 0 Å². The number of nitrogens with one attached hydrogen (secondary N) is 1. The fraction of sp³-hybridized carbons (Fsp3) is 0.100. The van der Waals surface area contributed by atoms with E-state index in [9.17, 15) is 10.1 Å². The van der Waals surface area contributed by atoms with Crippen molar-refractivity contribution in [2.24, 2.45) is 0 Å². The molecule has 0 saturated carbocycles. The summed E-state index contributed by atoms with van der Waals surface area (Å²) in [5.41, 5.74) is 1.48. The Labute approximate surface area is 96.7 Å². The van der Waals surface area contributed by atoms with Gasteiger partial charge in [-0.3, -0.25) is 15.2 Å². The topological polar surface area (TPSA) is 71.8 Å². The van der Waals surface area contributed by atoms with Gasteiger partial charge in [0, 0.05) is 23.3 Å². The number of nitro groups is 1. The Bertz CT molecular complexity index is 562. The summed E-state index contributed by atoms with van der Waals surface area (Å²) >= 11 is 4.06. The van der Waals surface area contributed by atoms with E-state index >= 15 is 0 Å². The normalized spacial score (nSPS) is 11.3. The maximum atomic E-state index is 10.6. The van der Waals surface area contributed by atoms with Gasteiger partial charge in [-0.05, 0) is 12.1 Å². The quantitative estimate of drug-likeness (QED) is 0.487. The summed E-state index contributed by atoms with van der Waals surface area (Å²) in [6, 6.07) is 4.63. The van der Waals surface area contributed by atoms with E-state index in [-0.39, 0.29) is 5.69 Å². The van der Waals surface area contributed by atoms with Crippen LogP contribution in [0.4, 0.5) is 5.69 Å². The summed E-state index contributed by atoms with van der Waals surface area (Å²) in [5.74, 6) is 0.626.